The Kier molecular flexibility index (Phi) is 6.47. The van der Waals surface area contributed by atoms with Gasteiger partial charge in [-0.15, -0.1) is 0 Å². The number of amides is 2. The largest absolute Gasteiger partial charge is 0.497 e. The molecule has 0 unspecified atom stereocenters. The van der Waals surface area contributed by atoms with Crippen LogP contribution in [0.3, 0.4) is 0 Å². The second-order valence-corrected chi connectivity index (χ2v) is 6.31. The molecule has 0 aliphatic rings. The van der Waals surface area contributed by atoms with Gasteiger partial charge in [-0.25, -0.2) is 0 Å². The Labute approximate surface area is 169 Å². The van der Waals surface area contributed by atoms with Gasteiger partial charge in [-0.3, -0.25) is 9.59 Å². The Morgan fingerprint density at radius 1 is 0.828 bits per heavy atom. The minimum Gasteiger partial charge on any atom is -0.497 e. The molecule has 29 heavy (non-hydrogen) atoms. The van der Waals surface area contributed by atoms with E-state index in [1.807, 2.05) is 36.4 Å². The highest BCUT2D eigenvalue weighted by Gasteiger charge is 2.10. The zero-order valence-electron chi connectivity index (χ0n) is 16.3. The van der Waals surface area contributed by atoms with Crippen molar-refractivity contribution in [2.24, 2.45) is 0 Å². The minimum atomic E-state index is -0.260. The molecule has 3 rings (SSSR count). The molecule has 3 aromatic rings. The van der Waals surface area contributed by atoms with Gasteiger partial charge >= 0.3 is 0 Å². The summed E-state index contributed by atoms with van der Waals surface area (Å²) < 4.78 is 10.4. The lowest BCUT2D eigenvalue weighted by Gasteiger charge is -2.10. The van der Waals surface area contributed by atoms with Gasteiger partial charge in [0.25, 0.3) is 5.91 Å². The molecule has 148 valence electrons. The van der Waals surface area contributed by atoms with Gasteiger partial charge in [0.15, 0.2) is 0 Å². The topological polar surface area (TPSA) is 76.7 Å². The molecule has 3 aromatic carbocycles. The summed E-state index contributed by atoms with van der Waals surface area (Å²) in [7, 11) is 3.14. The molecule has 0 atom stereocenters. The van der Waals surface area contributed by atoms with Crippen LogP contribution in [0.25, 0.3) is 0 Å². The van der Waals surface area contributed by atoms with Crippen molar-refractivity contribution in [1.82, 2.24) is 0 Å². The van der Waals surface area contributed by atoms with Crippen molar-refractivity contribution < 1.29 is 19.1 Å². The van der Waals surface area contributed by atoms with Crippen LogP contribution in [0.1, 0.15) is 15.9 Å². The zero-order valence-corrected chi connectivity index (χ0v) is 16.3. The molecule has 0 saturated heterocycles. The molecule has 6 nitrogen and oxygen atoms in total. The van der Waals surface area contributed by atoms with Crippen LogP contribution in [0, 0.1) is 0 Å². The molecule has 0 heterocycles. The maximum absolute atomic E-state index is 12.5. The minimum absolute atomic E-state index is 0.149. The summed E-state index contributed by atoms with van der Waals surface area (Å²) in [5.74, 6) is 0.885. The third kappa shape index (κ3) is 5.35. The summed E-state index contributed by atoms with van der Waals surface area (Å²) >= 11 is 0. The predicted octanol–water partition coefficient (Wildman–Crippen LogP) is 4.14. The van der Waals surface area contributed by atoms with E-state index in [1.165, 1.54) is 0 Å². The number of hydrogen-bond donors (Lipinski definition) is 2. The van der Waals surface area contributed by atoms with E-state index >= 15 is 0 Å². The first-order valence-corrected chi connectivity index (χ1v) is 9.06. The van der Waals surface area contributed by atoms with Gasteiger partial charge in [-0.1, -0.05) is 24.3 Å². The second kappa shape index (κ2) is 9.41. The molecule has 6 heteroatoms. The number of rotatable bonds is 7. The number of carbonyl (C=O) groups is 2. The highest BCUT2D eigenvalue weighted by atomic mass is 16.5. The van der Waals surface area contributed by atoms with E-state index < -0.39 is 0 Å². The molecular formula is C23H22N2O4. The first-order valence-electron chi connectivity index (χ1n) is 9.06. The quantitative estimate of drug-likeness (QED) is 0.636. The van der Waals surface area contributed by atoms with Crippen molar-refractivity contribution >= 4 is 23.2 Å². The van der Waals surface area contributed by atoms with E-state index in [1.54, 1.807) is 50.6 Å². The molecule has 0 bridgehead atoms. The average Bonchev–Trinajstić information content (AvgIpc) is 2.74. The number of para-hydroxylation sites is 2. The molecule has 0 aromatic heterocycles. The van der Waals surface area contributed by atoms with Crippen molar-refractivity contribution in [1.29, 1.82) is 0 Å². The van der Waals surface area contributed by atoms with Crippen LogP contribution in [0.5, 0.6) is 11.5 Å². The van der Waals surface area contributed by atoms with Crippen LogP contribution >= 0.6 is 0 Å². The summed E-state index contributed by atoms with van der Waals surface area (Å²) in [6, 6.07) is 21.3. The number of methoxy groups -OCH3 is 2. The van der Waals surface area contributed by atoms with Crippen molar-refractivity contribution in [2.45, 2.75) is 6.42 Å². The Morgan fingerprint density at radius 2 is 1.59 bits per heavy atom. The third-order valence-electron chi connectivity index (χ3n) is 4.28. The maximum atomic E-state index is 12.5. The van der Waals surface area contributed by atoms with Crippen molar-refractivity contribution in [2.75, 3.05) is 24.9 Å². The Hall–Kier alpha value is -3.80. The normalized spacial score (nSPS) is 10.1. The van der Waals surface area contributed by atoms with E-state index in [2.05, 4.69) is 10.6 Å². The van der Waals surface area contributed by atoms with Gasteiger partial charge in [-0.05, 0) is 54.1 Å². The van der Waals surface area contributed by atoms with Gasteiger partial charge in [-0.2, -0.15) is 0 Å². The van der Waals surface area contributed by atoms with Crippen LogP contribution in [0.2, 0.25) is 0 Å². The summed E-state index contributed by atoms with van der Waals surface area (Å²) in [5.41, 5.74) is 2.54. The maximum Gasteiger partial charge on any atom is 0.255 e. The molecular weight excluding hydrogens is 368 g/mol. The van der Waals surface area contributed by atoms with Crippen molar-refractivity contribution in [3.63, 3.8) is 0 Å². The van der Waals surface area contributed by atoms with E-state index in [4.69, 9.17) is 9.47 Å². The number of nitrogens with one attached hydrogen (secondary N) is 2. The van der Waals surface area contributed by atoms with Crippen molar-refractivity contribution in [3.8, 4) is 11.5 Å². The fourth-order valence-corrected chi connectivity index (χ4v) is 2.82. The fraction of sp³-hybridized carbons (Fsp3) is 0.130. The first kappa shape index (κ1) is 19.9. The van der Waals surface area contributed by atoms with Crippen LogP contribution in [0.4, 0.5) is 11.4 Å². The summed E-state index contributed by atoms with van der Waals surface area (Å²) in [6.45, 7) is 0. The van der Waals surface area contributed by atoms with E-state index in [9.17, 15) is 9.59 Å². The van der Waals surface area contributed by atoms with E-state index in [0.717, 1.165) is 5.56 Å². The number of ether oxygens (including phenoxy) is 2. The SMILES string of the molecule is COc1cccc(CC(=O)Nc2ccc(C(=O)Nc3ccccc3OC)cc2)c1. The second-order valence-electron chi connectivity index (χ2n) is 6.31. The van der Waals surface area contributed by atoms with Gasteiger partial charge in [0.1, 0.15) is 11.5 Å². The lowest BCUT2D eigenvalue weighted by atomic mass is 10.1. The zero-order chi connectivity index (χ0) is 20.6. The first-order chi connectivity index (χ1) is 14.1. The molecule has 0 aliphatic heterocycles. The van der Waals surface area contributed by atoms with Crippen molar-refractivity contribution in [3.05, 3.63) is 83.9 Å². The van der Waals surface area contributed by atoms with Gasteiger partial charge in [0.05, 0.1) is 26.3 Å². The highest BCUT2D eigenvalue weighted by Crippen LogP contribution is 2.24. The molecule has 2 N–H and O–H groups in total. The van der Waals surface area contributed by atoms with Crippen LogP contribution < -0.4 is 20.1 Å². The van der Waals surface area contributed by atoms with Gasteiger partial charge < -0.3 is 20.1 Å². The smallest absolute Gasteiger partial charge is 0.255 e. The number of anilines is 2. The van der Waals surface area contributed by atoms with Crippen LogP contribution in [0.15, 0.2) is 72.8 Å². The van der Waals surface area contributed by atoms with Gasteiger partial charge in [0, 0.05) is 11.3 Å². The fourth-order valence-electron chi connectivity index (χ4n) is 2.82. The molecule has 0 fully saturated rings. The number of hydrogen-bond acceptors (Lipinski definition) is 4. The standard InChI is InChI=1S/C23H22N2O4/c1-28-19-7-5-6-16(14-19)15-22(26)24-18-12-10-17(11-13-18)23(27)25-20-8-3-4-9-21(20)29-2/h3-14H,15H2,1-2H3,(H,24,26)(H,25,27). The molecule has 0 saturated carbocycles. The Bertz CT molecular complexity index is 1000. The Balaban J connectivity index is 1.60. The summed E-state index contributed by atoms with van der Waals surface area (Å²) in [6.07, 6.45) is 0.229. The van der Waals surface area contributed by atoms with Gasteiger partial charge in [0.2, 0.25) is 5.91 Å². The number of carbonyl (C=O) groups excluding carboxylic acids is 2. The average molecular weight is 390 g/mol. The Morgan fingerprint density at radius 3 is 2.31 bits per heavy atom. The number of benzene rings is 3. The molecule has 0 radical (unpaired) electrons. The molecule has 0 aliphatic carbocycles. The lowest BCUT2D eigenvalue weighted by Crippen LogP contribution is -2.15. The highest BCUT2D eigenvalue weighted by molar-refractivity contribution is 6.05. The summed E-state index contributed by atoms with van der Waals surface area (Å²) in [4.78, 5) is 24.7. The third-order valence-corrected chi connectivity index (χ3v) is 4.28. The van der Waals surface area contributed by atoms with Crippen LogP contribution in [-0.2, 0) is 11.2 Å². The molecule has 2 amide bonds. The van der Waals surface area contributed by atoms with Crippen LogP contribution in [-0.4, -0.2) is 26.0 Å². The molecule has 0 spiro atoms. The monoisotopic (exact) mass is 390 g/mol. The van der Waals surface area contributed by atoms with E-state index in [0.29, 0.717) is 28.4 Å². The lowest BCUT2D eigenvalue weighted by molar-refractivity contribution is -0.115. The predicted molar refractivity (Wildman–Crippen MR) is 113 cm³/mol. The summed E-state index contributed by atoms with van der Waals surface area (Å²) in [5, 5.41) is 5.65. The van der Waals surface area contributed by atoms with E-state index in [-0.39, 0.29) is 18.2 Å².